The molecule has 0 aliphatic carbocycles. The molecule has 0 spiro atoms. The fraction of sp³-hybridized carbons (Fsp3) is 0.400. The zero-order valence-electron chi connectivity index (χ0n) is 11.0. The summed E-state index contributed by atoms with van der Waals surface area (Å²) in [5, 5.41) is 11.4. The number of aromatic nitrogens is 1. The van der Waals surface area contributed by atoms with Crippen LogP contribution in [0.15, 0.2) is 30.5 Å². The molecule has 0 bridgehead atoms. The molecule has 0 radical (unpaired) electrons. The number of fused-ring (bicyclic) bond motifs is 1. The van der Waals surface area contributed by atoms with E-state index in [-0.39, 0.29) is 5.88 Å². The van der Waals surface area contributed by atoms with Crippen LogP contribution in [-0.4, -0.2) is 41.2 Å². The van der Waals surface area contributed by atoms with Gasteiger partial charge in [0.1, 0.15) is 11.9 Å². The first-order valence-corrected chi connectivity index (χ1v) is 6.65. The maximum atomic E-state index is 9.66. The zero-order chi connectivity index (χ0) is 13.2. The summed E-state index contributed by atoms with van der Waals surface area (Å²) in [6.45, 7) is 2.17. The number of ether oxygens (including phenoxy) is 1. The van der Waals surface area contributed by atoms with Gasteiger partial charge >= 0.3 is 0 Å². The van der Waals surface area contributed by atoms with Crippen LogP contribution < -0.4 is 4.74 Å². The third kappa shape index (κ3) is 2.63. The van der Waals surface area contributed by atoms with E-state index in [1.807, 2.05) is 24.3 Å². The zero-order valence-corrected chi connectivity index (χ0v) is 11.0. The molecule has 1 fully saturated rings. The summed E-state index contributed by atoms with van der Waals surface area (Å²) < 4.78 is 6.02. The highest BCUT2D eigenvalue weighted by atomic mass is 16.5. The van der Waals surface area contributed by atoms with Crippen molar-refractivity contribution in [3.63, 3.8) is 0 Å². The average Bonchev–Trinajstić information content (AvgIpc) is 2.42. The van der Waals surface area contributed by atoms with Crippen molar-refractivity contribution < 1.29 is 9.84 Å². The molecule has 1 saturated heterocycles. The molecule has 1 aromatic heterocycles. The van der Waals surface area contributed by atoms with E-state index in [9.17, 15) is 5.11 Å². The Labute approximate surface area is 112 Å². The number of rotatable bonds is 2. The molecule has 1 N–H and O–H groups in total. The van der Waals surface area contributed by atoms with Crippen LogP contribution in [0, 0.1) is 0 Å². The molecule has 2 heterocycles. The van der Waals surface area contributed by atoms with Crippen LogP contribution >= 0.6 is 0 Å². The monoisotopic (exact) mass is 258 g/mol. The number of nitrogens with zero attached hydrogens (tertiary/aromatic N) is 2. The van der Waals surface area contributed by atoms with Crippen molar-refractivity contribution in [3.05, 3.63) is 30.5 Å². The Morgan fingerprint density at radius 3 is 2.84 bits per heavy atom. The molecule has 0 unspecified atom stereocenters. The SMILES string of the molecule is CN1CCC(Oc2ccc3c(O)nccc3c2)CC1. The second kappa shape index (κ2) is 5.05. The minimum Gasteiger partial charge on any atom is -0.493 e. The first-order valence-electron chi connectivity index (χ1n) is 6.65. The van der Waals surface area contributed by atoms with Crippen molar-refractivity contribution in [1.82, 2.24) is 9.88 Å². The van der Waals surface area contributed by atoms with Crippen LogP contribution in [0.2, 0.25) is 0 Å². The van der Waals surface area contributed by atoms with Crippen LogP contribution in [0.25, 0.3) is 10.8 Å². The molecule has 0 atom stereocenters. The number of likely N-dealkylation sites (tertiary alicyclic amines) is 1. The Morgan fingerprint density at radius 1 is 1.26 bits per heavy atom. The van der Waals surface area contributed by atoms with Crippen LogP contribution in [-0.2, 0) is 0 Å². The summed E-state index contributed by atoms with van der Waals surface area (Å²) in [7, 11) is 2.14. The van der Waals surface area contributed by atoms with Crippen molar-refractivity contribution in [2.75, 3.05) is 20.1 Å². The Kier molecular flexibility index (Phi) is 3.25. The standard InChI is InChI=1S/C15H18N2O2/c1-17-8-5-12(6-9-17)19-13-2-3-14-11(10-13)4-7-16-15(14)18/h2-4,7,10,12H,5-6,8-9H2,1H3,(H,16,18). The van der Waals surface area contributed by atoms with Crippen LogP contribution in [0.4, 0.5) is 0 Å². The Balaban J connectivity index is 1.78. The van der Waals surface area contributed by atoms with Crippen molar-refractivity contribution >= 4 is 10.8 Å². The third-order valence-corrected chi connectivity index (χ3v) is 3.68. The molecule has 1 aliphatic heterocycles. The molecule has 4 nitrogen and oxygen atoms in total. The minimum atomic E-state index is 0.0725. The lowest BCUT2D eigenvalue weighted by Crippen LogP contribution is -2.35. The maximum absolute atomic E-state index is 9.66. The molecule has 19 heavy (non-hydrogen) atoms. The smallest absolute Gasteiger partial charge is 0.218 e. The summed E-state index contributed by atoms with van der Waals surface area (Å²) >= 11 is 0. The summed E-state index contributed by atoms with van der Waals surface area (Å²) in [5.41, 5.74) is 0. The topological polar surface area (TPSA) is 45.6 Å². The summed E-state index contributed by atoms with van der Waals surface area (Å²) in [5.74, 6) is 0.941. The normalized spacial score (nSPS) is 17.7. The van der Waals surface area contributed by atoms with Gasteiger partial charge in [-0.1, -0.05) is 0 Å². The molecule has 4 heteroatoms. The molecule has 0 amide bonds. The summed E-state index contributed by atoms with van der Waals surface area (Å²) in [4.78, 5) is 6.19. The van der Waals surface area contributed by atoms with E-state index < -0.39 is 0 Å². The number of hydrogen-bond donors (Lipinski definition) is 1. The summed E-state index contributed by atoms with van der Waals surface area (Å²) in [6.07, 6.45) is 4.03. The maximum Gasteiger partial charge on any atom is 0.218 e. The largest absolute Gasteiger partial charge is 0.493 e. The number of piperidine rings is 1. The van der Waals surface area contributed by atoms with Crippen LogP contribution in [0.3, 0.4) is 0 Å². The van der Waals surface area contributed by atoms with Gasteiger partial charge in [0.2, 0.25) is 5.88 Å². The van der Waals surface area contributed by atoms with Crippen molar-refractivity contribution in [3.8, 4) is 11.6 Å². The van der Waals surface area contributed by atoms with E-state index in [0.717, 1.165) is 42.5 Å². The molecule has 0 saturated carbocycles. The van der Waals surface area contributed by atoms with E-state index in [4.69, 9.17) is 4.74 Å². The van der Waals surface area contributed by atoms with Gasteiger partial charge in [-0.2, -0.15) is 0 Å². The second-order valence-electron chi connectivity index (χ2n) is 5.14. The molecule has 3 rings (SSSR count). The highest BCUT2D eigenvalue weighted by Crippen LogP contribution is 2.27. The number of pyridine rings is 1. The van der Waals surface area contributed by atoms with Gasteiger partial charge in [-0.05, 0) is 49.5 Å². The van der Waals surface area contributed by atoms with Crippen molar-refractivity contribution in [1.29, 1.82) is 0 Å². The van der Waals surface area contributed by atoms with Gasteiger partial charge in [0.15, 0.2) is 0 Å². The predicted molar refractivity (Wildman–Crippen MR) is 74.6 cm³/mol. The van der Waals surface area contributed by atoms with E-state index in [0.29, 0.717) is 6.10 Å². The first-order chi connectivity index (χ1) is 9.22. The number of benzene rings is 1. The van der Waals surface area contributed by atoms with Crippen molar-refractivity contribution in [2.24, 2.45) is 0 Å². The van der Waals surface area contributed by atoms with E-state index in [1.165, 1.54) is 0 Å². The van der Waals surface area contributed by atoms with Gasteiger partial charge in [-0.15, -0.1) is 0 Å². The first kappa shape index (κ1) is 12.2. The molecule has 100 valence electrons. The van der Waals surface area contributed by atoms with Gasteiger partial charge in [0.25, 0.3) is 0 Å². The lowest BCUT2D eigenvalue weighted by atomic mass is 10.1. The average molecular weight is 258 g/mol. The molecular weight excluding hydrogens is 240 g/mol. The molecule has 1 aliphatic rings. The fourth-order valence-electron chi connectivity index (χ4n) is 2.51. The number of aromatic hydroxyl groups is 1. The molecular formula is C15H18N2O2. The van der Waals surface area contributed by atoms with Crippen LogP contribution in [0.1, 0.15) is 12.8 Å². The van der Waals surface area contributed by atoms with Gasteiger partial charge in [0, 0.05) is 24.7 Å². The van der Waals surface area contributed by atoms with E-state index >= 15 is 0 Å². The Bertz CT molecular complexity index is 577. The molecule has 2 aromatic rings. The van der Waals surface area contributed by atoms with Gasteiger partial charge in [0.05, 0.1) is 0 Å². The highest BCUT2D eigenvalue weighted by Gasteiger charge is 2.18. The van der Waals surface area contributed by atoms with Gasteiger partial charge in [-0.25, -0.2) is 4.98 Å². The fourth-order valence-corrected chi connectivity index (χ4v) is 2.51. The lowest BCUT2D eigenvalue weighted by Gasteiger charge is -2.29. The quantitative estimate of drug-likeness (QED) is 0.898. The van der Waals surface area contributed by atoms with Gasteiger partial charge < -0.3 is 14.7 Å². The van der Waals surface area contributed by atoms with Crippen molar-refractivity contribution in [2.45, 2.75) is 18.9 Å². The van der Waals surface area contributed by atoms with E-state index in [2.05, 4.69) is 16.9 Å². The predicted octanol–water partition coefficient (Wildman–Crippen LogP) is 2.41. The Morgan fingerprint density at radius 2 is 2.05 bits per heavy atom. The van der Waals surface area contributed by atoms with E-state index in [1.54, 1.807) is 6.20 Å². The van der Waals surface area contributed by atoms with Crippen LogP contribution in [0.5, 0.6) is 11.6 Å². The summed E-state index contributed by atoms with van der Waals surface area (Å²) in [6, 6.07) is 7.62. The highest BCUT2D eigenvalue weighted by molar-refractivity contribution is 5.87. The Hall–Kier alpha value is -1.81. The lowest BCUT2D eigenvalue weighted by molar-refractivity contribution is 0.114. The second-order valence-corrected chi connectivity index (χ2v) is 5.14. The minimum absolute atomic E-state index is 0.0725. The van der Waals surface area contributed by atoms with Gasteiger partial charge in [-0.3, -0.25) is 0 Å². The molecule has 1 aromatic carbocycles. The number of hydrogen-bond acceptors (Lipinski definition) is 4. The third-order valence-electron chi connectivity index (χ3n) is 3.68.